The van der Waals surface area contributed by atoms with Crippen LogP contribution in [-0.2, 0) is 7.86 Å². The molecule has 0 heterocycles. The minimum absolute atomic E-state index is 0.0721. The Labute approximate surface area is 145 Å². The molecule has 0 saturated heterocycles. The number of rotatable bonds is 7. The Morgan fingerprint density at radius 1 is 1.79 bits per heavy atom. The molecule has 0 amide bonds. The van der Waals surface area contributed by atoms with Crippen molar-refractivity contribution in [1.82, 2.24) is 4.67 Å². The molecule has 14 heavy (non-hydrogen) atoms. The van der Waals surface area contributed by atoms with E-state index in [0.29, 0.717) is 4.97 Å². The fraction of sp³-hybridized carbons (Fsp3) is 0.600. The van der Waals surface area contributed by atoms with E-state index in [1.54, 1.807) is 0 Å². The van der Waals surface area contributed by atoms with Gasteiger partial charge in [0.25, 0.3) is 0 Å². The van der Waals surface area contributed by atoms with Crippen molar-refractivity contribution in [2.45, 2.75) is 4.53 Å². The summed E-state index contributed by atoms with van der Waals surface area (Å²) < 4.78 is 8.40. The van der Waals surface area contributed by atoms with E-state index in [2.05, 4.69) is 56.2 Å². The number of hydrogen-bond donors (Lipinski definition) is 0. The third-order valence-corrected chi connectivity index (χ3v) is 11.5. The molecule has 0 aliphatic carbocycles. The molecule has 0 aromatic rings. The van der Waals surface area contributed by atoms with Crippen LogP contribution in [0.4, 0.5) is 0 Å². The average molecular weight is 680 g/mol. The van der Waals surface area contributed by atoms with Crippen LogP contribution in [0, 0.1) is 0 Å². The Morgan fingerprint density at radius 3 is 2.71 bits per heavy atom. The minimum atomic E-state index is -0.473. The van der Waals surface area contributed by atoms with Gasteiger partial charge >= 0.3 is 148 Å². The van der Waals surface area contributed by atoms with Crippen LogP contribution in [0.15, 0.2) is 0 Å². The number of carbonyl (C=O) groups excluding carboxylic acids is 1. The predicted octanol–water partition coefficient (Wildman–Crippen LogP) is -1.33. The van der Waals surface area contributed by atoms with E-state index in [1.165, 1.54) is 0 Å². The van der Waals surface area contributed by atoms with Crippen LogP contribution in [0.2, 0.25) is 0 Å². The Morgan fingerprint density at radius 2 is 2.36 bits per heavy atom. The summed E-state index contributed by atoms with van der Waals surface area (Å²) in [7, 11) is 0.959. The van der Waals surface area contributed by atoms with Crippen molar-refractivity contribution in [3.05, 3.63) is 0 Å². The van der Waals surface area contributed by atoms with Crippen LogP contribution in [0.1, 0.15) is 0 Å². The van der Waals surface area contributed by atoms with Crippen LogP contribution < -0.4 is 21.2 Å². The Bertz CT molecular complexity index is 208. The van der Waals surface area contributed by atoms with Gasteiger partial charge in [-0.25, -0.2) is 0 Å². The first-order chi connectivity index (χ1) is 6.47. The summed E-state index contributed by atoms with van der Waals surface area (Å²) in [4.78, 5) is 10.9. The van der Waals surface area contributed by atoms with E-state index in [1.807, 2.05) is 23.0 Å². The molecule has 9 heteroatoms. The van der Waals surface area contributed by atoms with Gasteiger partial charge in [-0.1, -0.05) is 0 Å². The van der Waals surface area contributed by atoms with Gasteiger partial charge in [0.1, 0.15) is 0 Å². The second-order valence-electron chi connectivity index (χ2n) is 2.29. The standard InChI is InChI=1S/C5H6I4NO2P.Al.2H/c1-13-10(2-3-12-8)5(6,7)9-4-11;;;/h3-4H,1-2H2;;;/q-1;;;. The molecule has 82 valence electrons. The Balaban J connectivity index is 4.37. The molecular formula is C5H8AlI4NO2P-. The number of carbonyl (C=O) groups is 1. The van der Waals surface area contributed by atoms with Crippen LogP contribution in [-0.4, -0.2) is 42.6 Å². The molecule has 3 nitrogen and oxygen atoms in total. The molecule has 1 atom stereocenters. The van der Waals surface area contributed by atoms with E-state index < -0.39 is 21.2 Å². The van der Waals surface area contributed by atoms with Gasteiger partial charge in [-0.15, -0.1) is 0 Å². The van der Waals surface area contributed by atoms with Crippen LogP contribution in [0.25, 0.3) is 0 Å². The van der Waals surface area contributed by atoms with Gasteiger partial charge in [-0.3, -0.25) is 0 Å². The monoisotopic (exact) mass is 680 g/mol. The molecule has 0 bridgehead atoms. The van der Waals surface area contributed by atoms with Crippen molar-refractivity contribution in [2.75, 3.05) is 6.54 Å². The summed E-state index contributed by atoms with van der Waals surface area (Å²) in [6, 6.07) is 0. The summed E-state index contributed by atoms with van der Waals surface area (Å²) >= 11 is 7.11. The van der Waals surface area contributed by atoms with Crippen LogP contribution >= 0.6 is 76.5 Å². The van der Waals surface area contributed by atoms with Crippen molar-refractivity contribution in [1.29, 1.82) is 0 Å². The summed E-state index contributed by atoms with van der Waals surface area (Å²) in [5, 5.41) is 0. The van der Waals surface area contributed by atoms with E-state index >= 15 is 0 Å². The zero-order valence-electron chi connectivity index (χ0n) is 7.29. The first-order valence-corrected chi connectivity index (χ1v) is 11.0. The topological polar surface area (TPSA) is 29.5 Å². The second kappa shape index (κ2) is 9.18. The van der Waals surface area contributed by atoms with Crippen LogP contribution in [0.3, 0.4) is 0 Å². The normalized spacial score (nSPS) is 14.9. The van der Waals surface area contributed by atoms with E-state index in [9.17, 15) is 4.79 Å². The van der Waals surface area contributed by atoms with E-state index in [-0.39, 0.29) is -0.441 Å². The molecule has 0 spiro atoms. The molecule has 0 fully saturated rings. The van der Waals surface area contributed by atoms with Crippen molar-refractivity contribution < 1.29 is 29.1 Å². The van der Waals surface area contributed by atoms with Crippen LogP contribution in [0.5, 0.6) is 0 Å². The third-order valence-electron chi connectivity index (χ3n) is 1.22. The SMILES string of the molecule is C=PN(C[CH]([AlH2])OI)C(I)(I)[I-]C=O. The molecule has 0 rings (SSSR count). The van der Waals surface area contributed by atoms with Crippen molar-refractivity contribution in [3.63, 3.8) is 0 Å². The Kier molecular flexibility index (Phi) is 11.3. The first kappa shape index (κ1) is 17.2. The number of nitrogens with zero attached hydrogens (tertiary/aromatic N) is 1. The van der Waals surface area contributed by atoms with Gasteiger partial charge in [0.2, 0.25) is 0 Å². The van der Waals surface area contributed by atoms with E-state index in [4.69, 9.17) is 3.07 Å². The van der Waals surface area contributed by atoms with Gasteiger partial charge in [-0.05, 0) is 0 Å². The predicted molar refractivity (Wildman–Crippen MR) is 85.7 cm³/mol. The third kappa shape index (κ3) is 6.83. The summed E-state index contributed by atoms with van der Waals surface area (Å²) in [6.07, 6.45) is 3.87. The molecule has 0 radical (unpaired) electrons. The number of alkyl halides is 3. The van der Waals surface area contributed by atoms with Crippen molar-refractivity contribution in [2.24, 2.45) is 0 Å². The maximum absolute atomic E-state index is 10.6. The summed E-state index contributed by atoms with van der Waals surface area (Å²) in [6.45, 7) is 0.861. The van der Waals surface area contributed by atoms with E-state index in [0.717, 1.165) is 35.5 Å². The molecule has 0 saturated carbocycles. The number of hydrogen-bond acceptors (Lipinski definition) is 3. The zero-order chi connectivity index (χ0) is 11.2. The molecule has 0 aliphatic rings. The first-order valence-electron chi connectivity index (χ1n) is 3.45. The summed E-state index contributed by atoms with van der Waals surface area (Å²) in [5.74, 6) is 0. The van der Waals surface area contributed by atoms with Gasteiger partial charge in [0, 0.05) is 0 Å². The molecule has 0 aromatic carbocycles. The summed E-state index contributed by atoms with van der Waals surface area (Å²) in [5.41, 5.74) is 0. The molecule has 1 unspecified atom stereocenters. The van der Waals surface area contributed by atoms with Gasteiger partial charge in [0.05, 0.1) is 0 Å². The zero-order valence-corrected chi connectivity index (χ0v) is 18.8. The average Bonchev–Trinajstić information content (AvgIpc) is 2.13. The fourth-order valence-electron chi connectivity index (χ4n) is 0.623. The van der Waals surface area contributed by atoms with Gasteiger partial charge in [0.15, 0.2) is 0 Å². The Hall–Kier alpha value is 3.21. The quantitative estimate of drug-likeness (QED) is 0.0636. The maximum atomic E-state index is 10.6. The molecule has 0 N–H and O–H groups in total. The van der Waals surface area contributed by atoms with Gasteiger partial charge in [-0.2, -0.15) is 0 Å². The van der Waals surface area contributed by atoms with Crippen molar-refractivity contribution >= 4 is 103 Å². The van der Waals surface area contributed by atoms with Gasteiger partial charge < -0.3 is 0 Å². The second-order valence-corrected chi connectivity index (χ2v) is 16.9. The molecular weight excluding hydrogens is 672 g/mol. The fourth-order valence-corrected chi connectivity index (χ4v) is 6.14. The molecule has 0 aromatic heterocycles. The van der Waals surface area contributed by atoms with Crippen molar-refractivity contribution in [3.8, 4) is 0 Å². The number of halogens is 4. The molecule has 0 aliphatic heterocycles.